The number of carbonyl (C=O) groups excluding carboxylic acids is 1. The molecule has 1 amide bonds. The molecule has 2 N–H and O–H groups in total. The van der Waals surface area contributed by atoms with E-state index in [1.54, 1.807) is 0 Å². The van der Waals surface area contributed by atoms with Crippen LogP contribution in [0.3, 0.4) is 0 Å². The number of rotatable bonds is 5. The van der Waals surface area contributed by atoms with Crippen molar-refractivity contribution in [3.8, 4) is 0 Å². The van der Waals surface area contributed by atoms with Gasteiger partial charge in [-0.1, -0.05) is 42.1 Å². The van der Waals surface area contributed by atoms with Gasteiger partial charge in [-0.25, -0.2) is 0 Å². The van der Waals surface area contributed by atoms with Gasteiger partial charge in [-0.3, -0.25) is 4.79 Å². The van der Waals surface area contributed by atoms with Crippen LogP contribution in [0.15, 0.2) is 28.7 Å². The molecule has 0 spiro atoms. The molecule has 0 aliphatic heterocycles. The van der Waals surface area contributed by atoms with Gasteiger partial charge in [0.05, 0.1) is 6.54 Å². The molecule has 1 aromatic carbocycles. The van der Waals surface area contributed by atoms with Crippen molar-refractivity contribution in [1.29, 1.82) is 0 Å². The maximum absolute atomic E-state index is 11.8. The second-order valence-corrected chi connectivity index (χ2v) is 6.62. The van der Waals surface area contributed by atoms with Crippen molar-refractivity contribution in [2.24, 2.45) is 11.8 Å². The summed E-state index contributed by atoms with van der Waals surface area (Å²) in [4.78, 5) is 11.8. The number of halogens is 1. The van der Waals surface area contributed by atoms with Crippen LogP contribution in [0.5, 0.6) is 0 Å². The van der Waals surface area contributed by atoms with Crippen molar-refractivity contribution in [2.45, 2.75) is 32.6 Å². The van der Waals surface area contributed by atoms with Gasteiger partial charge in [0.2, 0.25) is 5.91 Å². The van der Waals surface area contributed by atoms with Crippen LogP contribution in [-0.2, 0) is 4.79 Å². The standard InChI is InChI=1S/C16H23BrN2O/c1-12-4-2-3-5-13(12)10-18-11-16(20)19-15-8-6-14(17)7-9-15/h6-9,12-13,18H,2-5,10-11H2,1H3,(H,19,20). The van der Waals surface area contributed by atoms with Crippen LogP contribution in [0.4, 0.5) is 5.69 Å². The third-order valence-corrected chi connectivity index (χ3v) is 4.64. The van der Waals surface area contributed by atoms with Gasteiger partial charge in [-0.15, -0.1) is 0 Å². The summed E-state index contributed by atoms with van der Waals surface area (Å²) in [5, 5.41) is 6.19. The molecule has 1 fully saturated rings. The summed E-state index contributed by atoms with van der Waals surface area (Å²) < 4.78 is 1.01. The highest BCUT2D eigenvalue weighted by Crippen LogP contribution is 2.28. The Labute approximate surface area is 129 Å². The Hall–Kier alpha value is -0.870. The zero-order valence-electron chi connectivity index (χ0n) is 12.0. The van der Waals surface area contributed by atoms with E-state index < -0.39 is 0 Å². The second kappa shape index (κ2) is 7.79. The number of amides is 1. The van der Waals surface area contributed by atoms with Gasteiger partial charge in [0.1, 0.15) is 0 Å². The summed E-state index contributed by atoms with van der Waals surface area (Å²) in [6, 6.07) is 7.63. The molecule has 2 rings (SSSR count). The van der Waals surface area contributed by atoms with Crippen molar-refractivity contribution >= 4 is 27.5 Å². The van der Waals surface area contributed by atoms with Gasteiger partial charge < -0.3 is 10.6 Å². The van der Waals surface area contributed by atoms with Crippen LogP contribution in [0, 0.1) is 11.8 Å². The molecule has 0 bridgehead atoms. The molecule has 0 heterocycles. The minimum absolute atomic E-state index is 0.0239. The average Bonchev–Trinajstić information content (AvgIpc) is 2.43. The van der Waals surface area contributed by atoms with E-state index in [1.807, 2.05) is 24.3 Å². The number of anilines is 1. The Morgan fingerprint density at radius 2 is 1.95 bits per heavy atom. The molecule has 1 aliphatic carbocycles. The number of hydrogen-bond acceptors (Lipinski definition) is 2. The number of benzene rings is 1. The lowest BCUT2D eigenvalue weighted by Gasteiger charge is -2.28. The molecule has 110 valence electrons. The Morgan fingerprint density at radius 3 is 2.65 bits per heavy atom. The van der Waals surface area contributed by atoms with Crippen LogP contribution in [-0.4, -0.2) is 19.0 Å². The molecule has 4 heteroatoms. The number of hydrogen-bond donors (Lipinski definition) is 2. The first kappa shape index (κ1) is 15.5. The quantitative estimate of drug-likeness (QED) is 0.857. The van der Waals surface area contributed by atoms with Crippen molar-refractivity contribution in [1.82, 2.24) is 5.32 Å². The predicted molar refractivity (Wildman–Crippen MR) is 86.8 cm³/mol. The smallest absolute Gasteiger partial charge is 0.238 e. The fourth-order valence-electron chi connectivity index (χ4n) is 2.81. The Bertz CT molecular complexity index is 433. The molecule has 1 aromatic rings. The van der Waals surface area contributed by atoms with Crippen molar-refractivity contribution < 1.29 is 4.79 Å². The third-order valence-electron chi connectivity index (χ3n) is 4.11. The highest BCUT2D eigenvalue weighted by Gasteiger charge is 2.20. The van der Waals surface area contributed by atoms with Crippen LogP contribution < -0.4 is 10.6 Å². The monoisotopic (exact) mass is 338 g/mol. The van der Waals surface area contributed by atoms with Gasteiger partial charge in [0, 0.05) is 10.2 Å². The summed E-state index contributed by atoms with van der Waals surface area (Å²) in [6.45, 7) is 3.67. The van der Waals surface area contributed by atoms with Gasteiger partial charge in [0.15, 0.2) is 0 Å². The normalized spacial score (nSPS) is 22.5. The maximum Gasteiger partial charge on any atom is 0.238 e. The van der Waals surface area contributed by atoms with Crippen LogP contribution in [0.1, 0.15) is 32.6 Å². The average molecular weight is 339 g/mol. The van der Waals surface area contributed by atoms with E-state index in [9.17, 15) is 4.79 Å². The molecule has 2 unspecified atom stereocenters. The van der Waals surface area contributed by atoms with Crippen LogP contribution in [0.2, 0.25) is 0 Å². The second-order valence-electron chi connectivity index (χ2n) is 5.71. The number of carbonyl (C=O) groups is 1. The summed E-state index contributed by atoms with van der Waals surface area (Å²) in [6.07, 6.45) is 5.32. The molecule has 20 heavy (non-hydrogen) atoms. The molecule has 3 nitrogen and oxygen atoms in total. The minimum Gasteiger partial charge on any atom is -0.325 e. The topological polar surface area (TPSA) is 41.1 Å². The Morgan fingerprint density at radius 1 is 1.25 bits per heavy atom. The largest absolute Gasteiger partial charge is 0.325 e. The zero-order chi connectivity index (χ0) is 14.4. The van der Waals surface area contributed by atoms with E-state index in [1.165, 1.54) is 25.7 Å². The lowest BCUT2D eigenvalue weighted by molar-refractivity contribution is -0.115. The van der Waals surface area contributed by atoms with Gasteiger partial charge in [-0.05, 0) is 49.1 Å². The van der Waals surface area contributed by atoms with Crippen molar-refractivity contribution in [3.05, 3.63) is 28.7 Å². The van der Waals surface area contributed by atoms with E-state index in [0.29, 0.717) is 6.54 Å². The first-order valence-electron chi connectivity index (χ1n) is 7.41. The summed E-state index contributed by atoms with van der Waals surface area (Å²) in [5.41, 5.74) is 0.839. The molecule has 1 saturated carbocycles. The van der Waals surface area contributed by atoms with E-state index in [-0.39, 0.29) is 5.91 Å². The highest BCUT2D eigenvalue weighted by atomic mass is 79.9. The molecule has 0 radical (unpaired) electrons. The van der Waals surface area contributed by atoms with Crippen molar-refractivity contribution in [3.63, 3.8) is 0 Å². The molecule has 1 aliphatic rings. The van der Waals surface area contributed by atoms with E-state index >= 15 is 0 Å². The summed E-state index contributed by atoms with van der Waals surface area (Å²) in [7, 11) is 0. The molecule has 2 atom stereocenters. The van der Waals surface area contributed by atoms with Gasteiger partial charge in [-0.2, -0.15) is 0 Å². The lowest BCUT2D eigenvalue weighted by atomic mass is 9.80. The summed E-state index contributed by atoms with van der Waals surface area (Å²) >= 11 is 3.38. The van der Waals surface area contributed by atoms with E-state index in [0.717, 1.165) is 28.5 Å². The van der Waals surface area contributed by atoms with E-state index in [4.69, 9.17) is 0 Å². The number of nitrogens with one attached hydrogen (secondary N) is 2. The fourth-order valence-corrected chi connectivity index (χ4v) is 3.07. The summed E-state index contributed by atoms with van der Waals surface area (Å²) in [5.74, 6) is 1.53. The zero-order valence-corrected chi connectivity index (χ0v) is 13.6. The SMILES string of the molecule is CC1CCCCC1CNCC(=O)Nc1ccc(Br)cc1. The lowest BCUT2D eigenvalue weighted by Crippen LogP contribution is -2.34. The highest BCUT2D eigenvalue weighted by molar-refractivity contribution is 9.10. The Kier molecular flexibility index (Phi) is 6.05. The molecular weight excluding hydrogens is 316 g/mol. The van der Waals surface area contributed by atoms with Gasteiger partial charge >= 0.3 is 0 Å². The van der Waals surface area contributed by atoms with Crippen molar-refractivity contribution in [2.75, 3.05) is 18.4 Å². The van der Waals surface area contributed by atoms with Crippen LogP contribution in [0.25, 0.3) is 0 Å². The maximum atomic E-state index is 11.8. The first-order valence-corrected chi connectivity index (χ1v) is 8.20. The van der Waals surface area contributed by atoms with Gasteiger partial charge in [0.25, 0.3) is 0 Å². The molecule has 0 saturated heterocycles. The third kappa shape index (κ3) is 4.91. The first-order chi connectivity index (χ1) is 9.65. The predicted octanol–water partition coefficient (Wildman–Crippen LogP) is 3.80. The Balaban J connectivity index is 1.68. The van der Waals surface area contributed by atoms with Crippen LogP contribution >= 0.6 is 15.9 Å². The van der Waals surface area contributed by atoms with E-state index in [2.05, 4.69) is 33.5 Å². The minimum atomic E-state index is 0.0239. The fraction of sp³-hybridized carbons (Fsp3) is 0.562. The molecular formula is C16H23BrN2O. The molecule has 0 aromatic heterocycles.